The van der Waals surface area contributed by atoms with Gasteiger partial charge in [-0.3, -0.25) is 14.2 Å². The zero-order valence-corrected chi connectivity index (χ0v) is 18.4. The van der Waals surface area contributed by atoms with Crippen LogP contribution in [0.3, 0.4) is 0 Å². The highest BCUT2D eigenvalue weighted by molar-refractivity contribution is 7.99. The number of aromatic nitrogens is 2. The van der Waals surface area contributed by atoms with Crippen LogP contribution in [-0.4, -0.2) is 47.2 Å². The molecule has 1 atom stereocenters. The summed E-state index contributed by atoms with van der Waals surface area (Å²) in [6.07, 6.45) is 0.381. The van der Waals surface area contributed by atoms with E-state index in [0.717, 1.165) is 17.8 Å². The van der Waals surface area contributed by atoms with Crippen LogP contribution in [0.25, 0.3) is 16.6 Å². The Labute approximate surface area is 186 Å². The number of fused-ring (bicyclic) bond motifs is 1. The molecule has 1 N–H and O–H groups in total. The summed E-state index contributed by atoms with van der Waals surface area (Å²) < 4.78 is 38.1. The van der Waals surface area contributed by atoms with Crippen LogP contribution in [0.15, 0.2) is 52.4 Å². The number of amides is 1. The van der Waals surface area contributed by atoms with Crippen LogP contribution < -0.4 is 10.9 Å². The molecule has 0 unspecified atom stereocenters. The van der Waals surface area contributed by atoms with Crippen LogP contribution in [0.1, 0.15) is 6.42 Å². The maximum absolute atomic E-state index is 13.6. The van der Waals surface area contributed by atoms with Gasteiger partial charge in [0, 0.05) is 6.04 Å². The summed E-state index contributed by atoms with van der Waals surface area (Å²) in [5, 5.41) is 3.17. The lowest BCUT2D eigenvalue weighted by atomic mass is 10.2. The molecule has 1 amide bonds. The fraction of sp³-hybridized carbons (Fsp3) is 0.250. The number of carbonyl (C=O) groups is 1. The molecule has 1 saturated heterocycles. The number of para-hydroxylation sites is 1. The van der Waals surface area contributed by atoms with Gasteiger partial charge in [0.2, 0.25) is 5.91 Å². The van der Waals surface area contributed by atoms with E-state index < -0.39 is 21.7 Å². The first-order valence-electron chi connectivity index (χ1n) is 9.33. The number of nitrogens with zero attached hydrogens (tertiary/aromatic N) is 2. The van der Waals surface area contributed by atoms with Gasteiger partial charge in [0.15, 0.2) is 15.0 Å². The quantitative estimate of drug-likeness (QED) is 0.444. The highest BCUT2D eigenvalue weighted by Crippen LogP contribution is 2.24. The Balaban J connectivity index is 1.65. The van der Waals surface area contributed by atoms with E-state index in [9.17, 15) is 22.4 Å². The van der Waals surface area contributed by atoms with Gasteiger partial charge in [0.1, 0.15) is 5.82 Å². The lowest BCUT2D eigenvalue weighted by Gasteiger charge is -2.14. The average molecular weight is 482 g/mol. The molecule has 2 heterocycles. The Kier molecular flexibility index (Phi) is 6.05. The van der Waals surface area contributed by atoms with Gasteiger partial charge in [0.25, 0.3) is 5.56 Å². The van der Waals surface area contributed by atoms with Gasteiger partial charge in [-0.15, -0.1) is 0 Å². The van der Waals surface area contributed by atoms with Crippen molar-refractivity contribution in [2.24, 2.45) is 0 Å². The van der Waals surface area contributed by atoms with Crippen LogP contribution in [0.2, 0.25) is 5.02 Å². The normalized spacial score (nSPS) is 17.7. The van der Waals surface area contributed by atoms with Gasteiger partial charge in [-0.1, -0.05) is 35.5 Å². The molecular formula is C20H17ClFN3O4S2. The fourth-order valence-corrected chi connectivity index (χ4v) is 6.04. The van der Waals surface area contributed by atoms with Crippen LogP contribution in [0.5, 0.6) is 0 Å². The molecule has 11 heteroatoms. The first-order valence-corrected chi connectivity index (χ1v) is 12.5. The standard InChI is InChI=1S/C20H17ClFN3O4S2/c21-15-9-13(5-6-16(15)22)25-19(27)14-3-1-2-4-17(14)24-20(25)30-10-18(26)23-12-7-8-31(28,29)11-12/h1-6,9,12H,7-8,10-11H2,(H,23,26)/t12-/m0/s1. The number of halogens is 2. The van der Waals surface area contributed by atoms with Gasteiger partial charge >= 0.3 is 0 Å². The maximum Gasteiger partial charge on any atom is 0.266 e. The van der Waals surface area contributed by atoms with Crippen molar-refractivity contribution in [3.8, 4) is 5.69 Å². The lowest BCUT2D eigenvalue weighted by molar-refractivity contribution is -0.119. The summed E-state index contributed by atoms with van der Waals surface area (Å²) in [4.78, 5) is 30.0. The molecule has 0 radical (unpaired) electrons. The molecular weight excluding hydrogens is 465 g/mol. The van der Waals surface area contributed by atoms with E-state index in [1.807, 2.05) is 0 Å². The molecule has 1 aliphatic heterocycles. The van der Waals surface area contributed by atoms with Gasteiger partial charge < -0.3 is 5.32 Å². The molecule has 0 spiro atoms. The van der Waals surface area contributed by atoms with Crippen molar-refractivity contribution in [3.63, 3.8) is 0 Å². The molecule has 7 nitrogen and oxygen atoms in total. The number of benzene rings is 2. The van der Waals surface area contributed by atoms with Crippen molar-refractivity contribution in [1.29, 1.82) is 0 Å². The number of rotatable bonds is 5. The molecule has 1 aliphatic rings. The third kappa shape index (κ3) is 4.76. The van der Waals surface area contributed by atoms with Crippen LogP contribution in [-0.2, 0) is 14.6 Å². The van der Waals surface area contributed by atoms with Crippen molar-refractivity contribution < 1.29 is 17.6 Å². The second kappa shape index (κ2) is 8.60. The minimum absolute atomic E-state index is 0.0577. The average Bonchev–Trinajstić information content (AvgIpc) is 3.07. The number of nitrogens with one attached hydrogen (secondary N) is 1. The third-order valence-electron chi connectivity index (χ3n) is 4.84. The zero-order valence-electron chi connectivity index (χ0n) is 16.0. The molecule has 1 aromatic heterocycles. The van der Waals surface area contributed by atoms with Crippen LogP contribution in [0.4, 0.5) is 4.39 Å². The topological polar surface area (TPSA) is 98.1 Å². The summed E-state index contributed by atoms with van der Waals surface area (Å²) in [5.74, 6) is -1.07. The number of hydrogen-bond acceptors (Lipinski definition) is 6. The van der Waals surface area contributed by atoms with E-state index in [4.69, 9.17) is 11.6 Å². The Morgan fingerprint density at radius 3 is 2.77 bits per heavy atom. The SMILES string of the molecule is O=C(CSc1nc2ccccc2c(=O)n1-c1ccc(F)c(Cl)c1)N[C@H]1CCS(=O)(=O)C1. The highest BCUT2D eigenvalue weighted by atomic mass is 35.5. The van der Waals surface area contributed by atoms with E-state index >= 15 is 0 Å². The number of hydrogen-bond donors (Lipinski definition) is 1. The van der Waals surface area contributed by atoms with E-state index in [-0.39, 0.29) is 38.9 Å². The minimum atomic E-state index is -3.11. The van der Waals surface area contributed by atoms with Crippen molar-refractivity contribution in [3.05, 3.63) is 63.7 Å². The van der Waals surface area contributed by atoms with E-state index in [1.54, 1.807) is 24.3 Å². The Bertz CT molecular complexity index is 1340. The summed E-state index contributed by atoms with van der Waals surface area (Å²) in [6.45, 7) is 0. The summed E-state index contributed by atoms with van der Waals surface area (Å²) in [6, 6.07) is 10.2. The Hall–Kier alpha value is -2.43. The van der Waals surface area contributed by atoms with E-state index in [2.05, 4.69) is 10.3 Å². The highest BCUT2D eigenvalue weighted by Gasteiger charge is 2.29. The monoisotopic (exact) mass is 481 g/mol. The molecule has 0 bridgehead atoms. The molecule has 162 valence electrons. The van der Waals surface area contributed by atoms with Gasteiger partial charge in [0.05, 0.1) is 38.9 Å². The second-order valence-electron chi connectivity index (χ2n) is 7.11. The summed E-state index contributed by atoms with van der Waals surface area (Å²) >= 11 is 6.93. The second-order valence-corrected chi connectivity index (χ2v) is 10.7. The smallest absolute Gasteiger partial charge is 0.266 e. The molecule has 1 fully saturated rings. The predicted molar refractivity (Wildman–Crippen MR) is 118 cm³/mol. The lowest BCUT2D eigenvalue weighted by Crippen LogP contribution is -2.36. The largest absolute Gasteiger partial charge is 0.352 e. The molecule has 3 aromatic rings. The van der Waals surface area contributed by atoms with Crippen molar-refractivity contribution >= 4 is 50.0 Å². The fourth-order valence-electron chi connectivity index (χ4n) is 3.37. The van der Waals surface area contributed by atoms with E-state index in [1.165, 1.54) is 16.7 Å². The zero-order chi connectivity index (χ0) is 22.2. The third-order valence-corrected chi connectivity index (χ3v) is 7.83. The molecule has 2 aromatic carbocycles. The van der Waals surface area contributed by atoms with Crippen molar-refractivity contribution in [2.45, 2.75) is 17.6 Å². The Morgan fingerprint density at radius 2 is 2.06 bits per heavy atom. The minimum Gasteiger partial charge on any atom is -0.352 e. The Morgan fingerprint density at radius 1 is 1.29 bits per heavy atom. The molecule has 0 saturated carbocycles. The van der Waals surface area contributed by atoms with Crippen LogP contribution in [0, 0.1) is 5.82 Å². The molecule has 4 rings (SSSR count). The van der Waals surface area contributed by atoms with Gasteiger partial charge in [-0.25, -0.2) is 17.8 Å². The number of sulfone groups is 1. The predicted octanol–water partition coefficient (Wildman–Crippen LogP) is 2.57. The van der Waals surface area contributed by atoms with E-state index in [0.29, 0.717) is 23.0 Å². The van der Waals surface area contributed by atoms with Gasteiger partial charge in [-0.2, -0.15) is 0 Å². The summed E-state index contributed by atoms with van der Waals surface area (Å²) in [7, 11) is -3.11. The van der Waals surface area contributed by atoms with Crippen molar-refractivity contribution in [1.82, 2.24) is 14.9 Å². The molecule has 31 heavy (non-hydrogen) atoms. The summed E-state index contributed by atoms with van der Waals surface area (Å²) in [5.41, 5.74) is 0.402. The maximum atomic E-state index is 13.6. The molecule has 0 aliphatic carbocycles. The first kappa shape index (κ1) is 21.8. The van der Waals surface area contributed by atoms with Crippen LogP contribution >= 0.6 is 23.4 Å². The number of carbonyl (C=O) groups excluding carboxylic acids is 1. The van der Waals surface area contributed by atoms with Crippen molar-refractivity contribution in [2.75, 3.05) is 17.3 Å². The number of thioether (sulfide) groups is 1. The van der Waals surface area contributed by atoms with Gasteiger partial charge in [-0.05, 0) is 36.8 Å². The first-order chi connectivity index (χ1) is 14.7.